The normalized spacial score (nSPS) is 19.4. The van der Waals surface area contributed by atoms with Crippen LogP contribution in [0.2, 0.25) is 0 Å². The van der Waals surface area contributed by atoms with Gasteiger partial charge >= 0.3 is 0 Å². The largest absolute Gasteiger partial charge is 0.491 e. The van der Waals surface area contributed by atoms with Gasteiger partial charge in [-0.2, -0.15) is 0 Å². The van der Waals surface area contributed by atoms with Crippen LogP contribution in [0.25, 0.3) is 0 Å². The number of amides is 1. The Kier molecular flexibility index (Phi) is 4.86. The van der Waals surface area contributed by atoms with E-state index in [1.807, 2.05) is 31.2 Å². The predicted octanol–water partition coefficient (Wildman–Crippen LogP) is 3.29. The lowest BCUT2D eigenvalue weighted by atomic mass is 9.70. The second-order valence-electron chi connectivity index (χ2n) is 6.39. The van der Waals surface area contributed by atoms with E-state index in [0.29, 0.717) is 5.75 Å². The first-order valence-electron chi connectivity index (χ1n) is 8.37. The molecule has 2 aromatic rings. The van der Waals surface area contributed by atoms with E-state index in [1.54, 1.807) is 12.1 Å². The number of nitrogens with one attached hydrogen (secondary N) is 1. The van der Waals surface area contributed by atoms with Gasteiger partial charge in [-0.1, -0.05) is 24.3 Å². The molecule has 0 radical (unpaired) electrons. The van der Waals surface area contributed by atoms with Gasteiger partial charge in [0.05, 0.1) is 12.0 Å². The maximum Gasteiger partial charge on any atom is 0.234 e. The van der Waals surface area contributed by atoms with Gasteiger partial charge in [-0.15, -0.1) is 0 Å². The maximum atomic E-state index is 12.9. The molecule has 126 valence electrons. The number of hydrogen-bond donors (Lipinski definition) is 2. The van der Waals surface area contributed by atoms with E-state index in [-0.39, 0.29) is 19.1 Å². The lowest BCUT2D eigenvalue weighted by Crippen LogP contribution is -2.40. The van der Waals surface area contributed by atoms with Gasteiger partial charge in [-0.25, -0.2) is 0 Å². The molecular formula is C20H23NO3. The number of hydrogen-bond acceptors (Lipinski definition) is 3. The number of aliphatic hydroxyl groups excluding tert-OH is 1. The van der Waals surface area contributed by atoms with E-state index in [4.69, 9.17) is 9.84 Å². The predicted molar refractivity (Wildman–Crippen MR) is 94.4 cm³/mol. The SMILES string of the molecule is CC1(C(=O)Nc2ccc(OCCO)cc2)CCCc2ccccc21. The molecule has 0 aromatic heterocycles. The van der Waals surface area contributed by atoms with Crippen molar-refractivity contribution in [2.24, 2.45) is 0 Å². The molecule has 24 heavy (non-hydrogen) atoms. The van der Waals surface area contributed by atoms with Crippen molar-refractivity contribution in [3.8, 4) is 5.75 Å². The van der Waals surface area contributed by atoms with Crippen LogP contribution in [-0.4, -0.2) is 24.2 Å². The minimum atomic E-state index is -0.499. The number of aryl methyl sites for hydroxylation is 1. The number of ether oxygens (including phenoxy) is 1. The molecule has 2 N–H and O–H groups in total. The molecule has 0 heterocycles. The van der Waals surface area contributed by atoms with Crippen molar-refractivity contribution in [1.29, 1.82) is 0 Å². The Bertz CT molecular complexity index is 711. The Labute approximate surface area is 142 Å². The Balaban J connectivity index is 1.75. The molecule has 1 unspecified atom stereocenters. The molecule has 4 heteroatoms. The number of aliphatic hydroxyl groups is 1. The summed E-state index contributed by atoms with van der Waals surface area (Å²) < 4.78 is 5.34. The minimum Gasteiger partial charge on any atom is -0.491 e. The summed E-state index contributed by atoms with van der Waals surface area (Å²) in [5.74, 6) is 0.704. The van der Waals surface area contributed by atoms with E-state index >= 15 is 0 Å². The molecule has 0 spiro atoms. The summed E-state index contributed by atoms with van der Waals surface area (Å²) in [5.41, 5.74) is 2.66. The molecule has 2 aromatic carbocycles. The molecule has 1 atom stereocenters. The van der Waals surface area contributed by atoms with Crippen molar-refractivity contribution < 1.29 is 14.6 Å². The number of carbonyl (C=O) groups excluding carboxylic acids is 1. The van der Waals surface area contributed by atoms with E-state index in [9.17, 15) is 4.79 Å². The molecule has 1 amide bonds. The van der Waals surface area contributed by atoms with Crippen LogP contribution in [0.5, 0.6) is 5.75 Å². The van der Waals surface area contributed by atoms with Crippen molar-refractivity contribution in [1.82, 2.24) is 0 Å². The lowest BCUT2D eigenvalue weighted by Gasteiger charge is -2.34. The Morgan fingerprint density at radius 3 is 2.71 bits per heavy atom. The zero-order valence-electron chi connectivity index (χ0n) is 13.9. The molecule has 3 rings (SSSR count). The van der Waals surface area contributed by atoms with Crippen LogP contribution in [0.4, 0.5) is 5.69 Å². The van der Waals surface area contributed by atoms with Gasteiger partial charge in [0.25, 0.3) is 0 Å². The van der Waals surface area contributed by atoms with Crippen molar-refractivity contribution >= 4 is 11.6 Å². The van der Waals surface area contributed by atoms with Crippen molar-refractivity contribution in [3.05, 3.63) is 59.7 Å². The summed E-state index contributed by atoms with van der Waals surface area (Å²) in [6.07, 6.45) is 2.92. The quantitative estimate of drug-likeness (QED) is 0.887. The van der Waals surface area contributed by atoms with Gasteiger partial charge in [0.2, 0.25) is 5.91 Å². The van der Waals surface area contributed by atoms with Crippen molar-refractivity contribution in [2.45, 2.75) is 31.6 Å². The molecule has 4 nitrogen and oxygen atoms in total. The number of benzene rings is 2. The number of carbonyl (C=O) groups is 1. The fourth-order valence-corrected chi connectivity index (χ4v) is 3.35. The lowest BCUT2D eigenvalue weighted by molar-refractivity contribution is -0.121. The van der Waals surface area contributed by atoms with Crippen LogP contribution in [0.1, 0.15) is 30.9 Å². The van der Waals surface area contributed by atoms with Crippen LogP contribution in [0.3, 0.4) is 0 Å². The Morgan fingerprint density at radius 1 is 1.21 bits per heavy atom. The molecular weight excluding hydrogens is 302 g/mol. The Morgan fingerprint density at radius 2 is 1.96 bits per heavy atom. The summed E-state index contributed by atoms with van der Waals surface area (Å²) in [7, 11) is 0. The summed E-state index contributed by atoms with van der Waals surface area (Å²) in [6.45, 7) is 2.27. The summed E-state index contributed by atoms with van der Waals surface area (Å²) in [5, 5.41) is 11.8. The average Bonchev–Trinajstić information content (AvgIpc) is 2.61. The van der Waals surface area contributed by atoms with Gasteiger partial charge < -0.3 is 15.2 Å². The number of anilines is 1. The molecule has 1 aliphatic carbocycles. The van der Waals surface area contributed by atoms with Crippen LogP contribution < -0.4 is 10.1 Å². The summed E-state index contributed by atoms with van der Waals surface area (Å²) in [6, 6.07) is 15.5. The summed E-state index contributed by atoms with van der Waals surface area (Å²) >= 11 is 0. The highest BCUT2D eigenvalue weighted by molar-refractivity contribution is 5.99. The smallest absolute Gasteiger partial charge is 0.234 e. The highest BCUT2D eigenvalue weighted by Gasteiger charge is 2.38. The molecule has 0 fully saturated rings. The summed E-state index contributed by atoms with van der Waals surface area (Å²) in [4.78, 5) is 12.9. The highest BCUT2D eigenvalue weighted by atomic mass is 16.5. The first-order valence-corrected chi connectivity index (χ1v) is 8.37. The monoisotopic (exact) mass is 325 g/mol. The topological polar surface area (TPSA) is 58.6 Å². The van der Waals surface area contributed by atoms with Gasteiger partial charge in [-0.3, -0.25) is 4.79 Å². The van der Waals surface area contributed by atoms with Crippen LogP contribution in [0, 0.1) is 0 Å². The van der Waals surface area contributed by atoms with E-state index < -0.39 is 5.41 Å². The van der Waals surface area contributed by atoms with Gasteiger partial charge in [0.1, 0.15) is 12.4 Å². The average molecular weight is 325 g/mol. The highest BCUT2D eigenvalue weighted by Crippen LogP contribution is 2.38. The van der Waals surface area contributed by atoms with Gasteiger partial charge in [-0.05, 0) is 61.6 Å². The second-order valence-corrected chi connectivity index (χ2v) is 6.39. The standard InChI is InChI=1S/C20H23NO3/c1-20(12-4-6-15-5-2-3-7-18(15)20)19(23)21-16-8-10-17(11-9-16)24-14-13-22/h2-3,5,7-11,22H,4,6,12-14H2,1H3,(H,21,23). The fourth-order valence-electron chi connectivity index (χ4n) is 3.35. The molecule has 0 saturated heterocycles. The van der Waals surface area contributed by atoms with Gasteiger partial charge in [0.15, 0.2) is 0 Å². The maximum absolute atomic E-state index is 12.9. The molecule has 1 aliphatic rings. The third-order valence-electron chi connectivity index (χ3n) is 4.71. The zero-order chi connectivity index (χ0) is 17.0. The minimum absolute atomic E-state index is 0.0176. The van der Waals surface area contributed by atoms with Crippen molar-refractivity contribution in [3.63, 3.8) is 0 Å². The van der Waals surface area contributed by atoms with Crippen LogP contribution in [-0.2, 0) is 16.6 Å². The third-order valence-corrected chi connectivity index (χ3v) is 4.71. The van der Waals surface area contributed by atoms with Crippen LogP contribution in [0.15, 0.2) is 48.5 Å². The Hall–Kier alpha value is -2.33. The van der Waals surface area contributed by atoms with E-state index in [0.717, 1.165) is 30.5 Å². The van der Waals surface area contributed by atoms with Crippen LogP contribution >= 0.6 is 0 Å². The number of fused-ring (bicyclic) bond motifs is 1. The first-order chi connectivity index (χ1) is 11.6. The van der Waals surface area contributed by atoms with E-state index in [2.05, 4.69) is 17.4 Å². The van der Waals surface area contributed by atoms with E-state index in [1.165, 1.54) is 5.56 Å². The molecule has 0 aliphatic heterocycles. The first kappa shape index (κ1) is 16.5. The second kappa shape index (κ2) is 7.05. The third kappa shape index (κ3) is 3.29. The number of rotatable bonds is 5. The molecule has 0 bridgehead atoms. The van der Waals surface area contributed by atoms with Gasteiger partial charge in [0, 0.05) is 5.69 Å². The fraction of sp³-hybridized carbons (Fsp3) is 0.350. The molecule has 0 saturated carbocycles. The zero-order valence-corrected chi connectivity index (χ0v) is 13.9. The van der Waals surface area contributed by atoms with Crippen molar-refractivity contribution in [2.75, 3.05) is 18.5 Å².